The predicted molar refractivity (Wildman–Crippen MR) is 125 cm³/mol. The summed E-state index contributed by atoms with van der Waals surface area (Å²) in [5.41, 5.74) is 4.09. The van der Waals surface area contributed by atoms with Crippen molar-refractivity contribution >= 4 is 27.8 Å². The number of aromatic nitrogens is 3. The van der Waals surface area contributed by atoms with E-state index in [2.05, 4.69) is 50.9 Å². The topological polar surface area (TPSA) is 78.3 Å². The number of hydrogen-bond acceptors (Lipinski definition) is 6. The van der Waals surface area contributed by atoms with Crippen LogP contribution in [0.25, 0.3) is 0 Å². The standard InChI is InChI=1S/C24H23BrN4O3/c1-4-11-31-23(30)21-16(3)28-24-26-14-27-29(24)22(21)19-12-18(25)9-10-20(19)32-13-17-8-6-5-7-15(17)2/h4-10,12,14,22H,1,11,13H2,2-3H3,(H,26,27,28). The number of allylic oxidation sites excluding steroid dienone is 1. The minimum absolute atomic E-state index is 0.113. The van der Waals surface area contributed by atoms with Crippen molar-refractivity contribution in [3.05, 3.63) is 93.9 Å². The molecule has 1 aromatic heterocycles. The summed E-state index contributed by atoms with van der Waals surface area (Å²) < 4.78 is 14.2. The number of halogens is 1. The molecule has 8 heteroatoms. The van der Waals surface area contributed by atoms with E-state index < -0.39 is 12.0 Å². The number of nitrogens with one attached hydrogen (secondary N) is 1. The first-order chi connectivity index (χ1) is 15.5. The van der Waals surface area contributed by atoms with Crippen LogP contribution >= 0.6 is 15.9 Å². The number of nitrogens with zero attached hydrogens (tertiary/aromatic N) is 3. The molecule has 1 atom stereocenters. The van der Waals surface area contributed by atoms with Gasteiger partial charge >= 0.3 is 5.97 Å². The highest BCUT2D eigenvalue weighted by molar-refractivity contribution is 9.10. The first-order valence-electron chi connectivity index (χ1n) is 10.1. The third-order valence-electron chi connectivity index (χ3n) is 5.26. The highest BCUT2D eigenvalue weighted by atomic mass is 79.9. The molecule has 2 aromatic carbocycles. The van der Waals surface area contributed by atoms with Gasteiger partial charge in [0.15, 0.2) is 0 Å². The Balaban J connectivity index is 1.77. The number of anilines is 1. The van der Waals surface area contributed by atoms with Gasteiger partial charge in [-0.05, 0) is 43.2 Å². The van der Waals surface area contributed by atoms with Gasteiger partial charge in [-0.3, -0.25) is 0 Å². The summed E-state index contributed by atoms with van der Waals surface area (Å²) in [5.74, 6) is 0.732. The fourth-order valence-electron chi connectivity index (χ4n) is 3.65. The molecule has 7 nitrogen and oxygen atoms in total. The molecule has 0 saturated heterocycles. The lowest BCUT2D eigenvalue weighted by Crippen LogP contribution is -2.30. The van der Waals surface area contributed by atoms with Crippen LogP contribution in [0, 0.1) is 6.92 Å². The fraction of sp³-hybridized carbons (Fsp3) is 0.208. The van der Waals surface area contributed by atoms with Gasteiger partial charge in [-0.2, -0.15) is 10.1 Å². The third-order valence-corrected chi connectivity index (χ3v) is 5.75. The van der Waals surface area contributed by atoms with Gasteiger partial charge in [0.25, 0.3) is 0 Å². The van der Waals surface area contributed by atoms with Crippen molar-refractivity contribution in [1.82, 2.24) is 14.8 Å². The summed E-state index contributed by atoms with van der Waals surface area (Å²) in [6.07, 6.45) is 2.99. The Labute approximate surface area is 194 Å². The lowest BCUT2D eigenvalue weighted by molar-refractivity contribution is -0.138. The third kappa shape index (κ3) is 4.31. The van der Waals surface area contributed by atoms with E-state index in [1.54, 1.807) is 4.68 Å². The van der Waals surface area contributed by atoms with Crippen LogP contribution < -0.4 is 10.1 Å². The van der Waals surface area contributed by atoms with Gasteiger partial charge in [0.1, 0.15) is 31.3 Å². The van der Waals surface area contributed by atoms with E-state index in [9.17, 15) is 4.79 Å². The molecule has 2 heterocycles. The monoisotopic (exact) mass is 494 g/mol. The molecular weight excluding hydrogens is 472 g/mol. The van der Waals surface area contributed by atoms with E-state index in [1.165, 1.54) is 12.4 Å². The Hall–Kier alpha value is -3.39. The lowest BCUT2D eigenvalue weighted by Gasteiger charge is -2.29. The van der Waals surface area contributed by atoms with E-state index in [4.69, 9.17) is 9.47 Å². The van der Waals surface area contributed by atoms with Crippen molar-refractivity contribution in [2.24, 2.45) is 0 Å². The summed E-state index contributed by atoms with van der Waals surface area (Å²) in [5, 5.41) is 7.51. The largest absolute Gasteiger partial charge is 0.489 e. The number of aryl methyl sites for hydroxylation is 1. The van der Waals surface area contributed by atoms with Crippen LogP contribution in [0.3, 0.4) is 0 Å². The Kier molecular flexibility index (Phi) is 6.41. The second-order valence-corrected chi connectivity index (χ2v) is 8.29. The minimum atomic E-state index is -0.574. The molecule has 0 bridgehead atoms. The number of carbonyl (C=O) groups excluding carboxylic acids is 1. The number of hydrogen-bond donors (Lipinski definition) is 1. The van der Waals surface area contributed by atoms with Gasteiger partial charge in [-0.1, -0.05) is 52.9 Å². The maximum atomic E-state index is 13.0. The van der Waals surface area contributed by atoms with E-state index in [0.29, 0.717) is 29.6 Å². The van der Waals surface area contributed by atoms with Crippen LogP contribution in [0.2, 0.25) is 0 Å². The first-order valence-corrected chi connectivity index (χ1v) is 10.9. The summed E-state index contributed by atoms with van der Waals surface area (Å²) >= 11 is 3.55. The SMILES string of the molecule is C=CCOC(=O)C1=C(C)Nc2ncnn2C1c1cc(Br)ccc1OCc1ccccc1C. The number of esters is 1. The van der Waals surface area contributed by atoms with Crippen molar-refractivity contribution in [2.45, 2.75) is 26.5 Å². The van der Waals surface area contributed by atoms with E-state index in [-0.39, 0.29) is 6.61 Å². The molecule has 0 aliphatic carbocycles. The molecule has 1 N–H and O–H groups in total. The Bertz CT molecular complexity index is 1200. The molecule has 1 aliphatic heterocycles. The molecule has 4 rings (SSSR count). The van der Waals surface area contributed by atoms with Crippen molar-refractivity contribution in [1.29, 1.82) is 0 Å². The van der Waals surface area contributed by atoms with Gasteiger partial charge in [0, 0.05) is 15.7 Å². The molecule has 0 fully saturated rings. The molecular formula is C24H23BrN4O3. The summed E-state index contributed by atoms with van der Waals surface area (Å²) in [6.45, 7) is 8.01. The lowest BCUT2D eigenvalue weighted by atomic mass is 9.95. The summed E-state index contributed by atoms with van der Waals surface area (Å²) in [6, 6.07) is 13.2. The highest BCUT2D eigenvalue weighted by Gasteiger charge is 2.36. The summed E-state index contributed by atoms with van der Waals surface area (Å²) in [7, 11) is 0. The normalized spacial score (nSPS) is 15.0. The van der Waals surface area contributed by atoms with E-state index >= 15 is 0 Å². The molecule has 3 aromatic rings. The average molecular weight is 495 g/mol. The molecule has 0 spiro atoms. The summed E-state index contributed by atoms with van der Waals surface area (Å²) in [4.78, 5) is 17.3. The zero-order chi connectivity index (χ0) is 22.7. The van der Waals surface area contributed by atoms with Crippen LogP contribution in [-0.4, -0.2) is 27.3 Å². The molecule has 1 unspecified atom stereocenters. The zero-order valence-electron chi connectivity index (χ0n) is 17.8. The Morgan fingerprint density at radius 1 is 1.28 bits per heavy atom. The Morgan fingerprint density at radius 3 is 2.88 bits per heavy atom. The number of carbonyl (C=O) groups is 1. The van der Waals surface area contributed by atoms with Gasteiger partial charge in [0.2, 0.25) is 5.95 Å². The second-order valence-electron chi connectivity index (χ2n) is 7.38. The van der Waals surface area contributed by atoms with Gasteiger partial charge < -0.3 is 14.8 Å². The zero-order valence-corrected chi connectivity index (χ0v) is 19.4. The Morgan fingerprint density at radius 2 is 2.09 bits per heavy atom. The smallest absolute Gasteiger partial charge is 0.338 e. The molecule has 1 aliphatic rings. The van der Waals surface area contributed by atoms with Crippen LogP contribution in [0.1, 0.15) is 29.7 Å². The van der Waals surface area contributed by atoms with Crippen LogP contribution in [0.4, 0.5) is 5.95 Å². The van der Waals surface area contributed by atoms with E-state index in [0.717, 1.165) is 21.2 Å². The number of benzene rings is 2. The quantitative estimate of drug-likeness (QED) is 0.370. The van der Waals surface area contributed by atoms with E-state index in [1.807, 2.05) is 43.3 Å². The molecule has 0 radical (unpaired) electrons. The molecule has 0 saturated carbocycles. The average Bonchev–Trinajstić information content (AvgIpc) is 3.24. The van der Waals surface area contributed by atoms with Crippen molar-refractivity contribution in [2.75, 3.05) is 11.9 Å². The molecule has 32 heavy (non-hydrogen) atoms. The predicted octanol–water partition coefficient (Wildman–Crippen LogP) is 4.95. The second kappa shape index (κ2) is 9.40. The maximum Gasteiger partial charge on any atom is 0.338 e. The van der Waals surface area contributed by atoms with Crippen molar-refractivity contribution in [3.63, 3.8) is 0 Å². The van der Waals surface area contributed by atoms with Crippen LogP contribution in [-0.2, 0) is 16.1 Å². The molecule has 0 amide bonds. The highest BCUT2D eigenvalue weighted by Crippen LogP contribution is 2.40. The van der Waals surface area contributed by atoms with Gasteiger partial charge in [-0.15, -0.1) is 0 Å². The number of rotatable bonds is 7. The first kappa shape index (κ1) is 21.8. The minimum Gasteiger partial charge on any atom is -0.489 e. The van der Waals surface area contributed by atoms with Gasteiger partial charge in [-0.25, -0.2) is 9.48 Å². The van der Waals surface area contributed by atoms with Crippen LogP contribution in [0.15, 0.2) is 77.2 Å². The van der Waals surface area contributed by atoms with Gasteiger partial charge in [0.05, 0.1) is 5.57 Å². The number of fused-ring (bicyclic) bond motifs is 1. The fourth-order valence-corrected chi connectivity index (χ4v) is 4.03. The van der Waals surface area contributed by atoms with Crippen molar-refractivity contribution < 1.29 is 14.3 Å². The van der Waals surface area contributed by atoms with Crippen LogP contribution in [0.5, 0.6) is 5.75 Å². The van der Waals surface area contributed by atoms with Crippen molar-refractivity contribution in [3.8, 4) is 5.75 Å². The maximum absolute atomic E-state index is 13.0. The molecule has 164 valence electrons. The number of ether oxygens (including phenoxy) is 2.